The summed E-state index contributed by atoms with van der Waals surface area (Å²) in [5.74, 6) is -1.65. The lowest BCUT2D eigenvalue weighted by Crippen LogP contribution is -2.54. The van der Waals surface area contributed by atoms with Crippen LogP contribution in [0, 0.1) is 12.8 Å². The normalized spacial score (nSPS) is 17.1. The third-order valence-electron chi connectivity index (χ3n) is 3.72. The lowest BCUT2D eigenvalue weighted by atomic mass is 9.95. The highest BCUT2D eigenvalue weighted by molar-refractivity contribution is 7.98. The van der Waals surface area contributed by atoms with E-state index in [2.05, 4.69) is 15.3 Å². The van der Waals surface area contributed by atoms with Gasteiger partial charge in [0.2, 0.25) is 0 Å². The molecule has 114 valence electrons. The van der Waals surface area contributed by atoms with Crippen molar-refractivity contribution in [1.29, 1.82) is 0 Å². The summed E-state index contributed by atoms with van der Waals surface area (Å²) in [6, 6.07) is 0. The molecule has 1 unspecified atom stereocenters. The number of aryl methyl sites for hydroxylation is 1. The Labute approximate surface area is 125 Å². The molecule has 0 aliphatic heterocycles. The maximum atomic E-state index is 12.5. The molecule has 1 heterocycles. The number of carbonyl (C=O) groups excluding carboxylic acids is 1. The second-order valence-corrected chi connectivity index (χ2v) is 6.08. The van der Waals surface area contributed by atoms with Crippen LogP contribution in [0.5, 0.6) is 0 Å². The van der Waals surface area contributed by atoms with Crippen molar-refractivity contribution in [3.63, 3.8) is 0 Å². The predicted octanol–water partition coefficient (Wildman–Crippen LogP) is 0.783. The molecule has 8 heteroatoms. The maximum absolute atomic E-state index is 12.5. The largest absolute Gasteiger partial charge is 0.480 e. The Morgan fingerprint density at radius 1 is 1.48 bits per heavy atom. The van der Waals surface area contributed by atoms with Crippen molar-refractivity contribution in [2.45, 2.75) is 37.3 Å². The number of amides is 1. The predicted molar refractivity (Wildman–Crippen MR) is 77.6 cm³/mol. The van der Waals surface area contributed by atoms with E-state index < -0.39 is 23.1 Å². The number of hydrogen-bond donors (Lipinski definition) is 3. The zero-order chi connectivity index (χ0) is 15.8. The van der Waals surface area contributed by atoms with Gasteiger partial charge in [0.25, 0.3) is 5.91 Å². The van der Waals surface area contributed by atoms with Gasteiger partial charge in [-0.2, -0.15) is 4.98 Å². The average Bonchev–Trinajstić information content (AvgIpc) is 3.21. The minimum absolute atomic E-state index is 0.0623. The first-order chi connectivity index (χ1) is 9.79. The summed E-state index contributed by atoms with van der Waals surface area (Å²) in [5, 5.41) is 12.3. The Bertz CT molecular complexity index is 653. The molecule has 7 nitrogen and oxygen atoms in total. The third kappa shape index (κ3) is 2.94. The highest BCUT2D eigenvalue weighted by Crippen LogP contribution is 2.40. The molecule has 1 aliphatic carbocycles. The molecule has 1 atom stereocenters. The number of carbonyl (C=O) groups is 2. The second kappa shape index (κ2) is 5.51. The van der Waals surface area contributed by atoms with E-state index in [4.69, 9.17) is 0 Å². The van der Waals surface area contributed by atoms with Gasteiger partial charge in [-0.25, -0.2) is 9.59 Å². The van der Waals surface area contributed by atoms with Crippen LogP contribution in [-0.4, -0.2) is 38.7 Å². The third-order valence-corrected chi connectivity index (χ3v) is 4.40. The Balaban J connectivity index is 2.36. The number of thioether (sulfide) groups is 1. The molecule has 3 N–H and O–H groups in total. The number of aromatic nitrogens is 2. The van der Waals surface area contributed by atoms with Crippen LogP contribution in [0.4, 0.5) is 0 Å². The van der Waals surface area contributed by atoms with E-state index >= 15 is 0 Å². The number of carboxylic acids is 1. The first kappa shape index (κ1) is 15.6. The molecule has 2 rings (SSSR count). The van der Waals surface area contributed by atoms with Gasteiger partial charge in [0, 0.05) is 5.69 Å². The molecule has 21 heavy (non-hydrogen) atoms. The molecule has 0 spiro atoms. The Kier molecular flexibility index (Phi) is 4.08. The van der Waals surface area contributed by atoms with Crippen LogP contribution in [0.2, 0.25) is 0 Å². The van der Waals surface area contributed by atoms with E-state index in [0.29, 0.717) is 5.69 Å². The summed E-state index contributed by atoms with van der Waals surface area (Å²) in [6.45, 7) is 3.10. The zero-order valence-electron chi connectivity index (χ0n) is 12.0. The minimum atomic E-state index is -1.30. The van der Waals surface area contributed by atoms with Crippen molar-refractivity contribution in [3.05, 3.63) is 21.7 Å². The van der Waals surface area contributed by atoms with Crippen LogP contribution >= 0.6 is 11.8 Å². The first-order valence-electron chi connectivity index (χ1n) is 6.50. The van der Waals surface area contributed by atoms with Gasteiger partial charge in [0.1, 0.15) is 10.6 Å². The van der Waals surface area contributed by atoms with E-state index in [1.165, 1.54) is 18.7 Å². The van der Waals surface area contributed by atoms with Gasteiger partial charge in [-0.05, 0) is 38.9 Å². The lowest BCUT2D eigenvalue weighted by Gasteiger charge is -2.26. The van der Waals surface area contributed by atoms with Crippen LogP contribution in [-0.2, 0) is 4.79 Å². The van der Waals surface area contributed by atoms with E-state index in [9.17, 15) is 19.5 Å². The molecule has 0 saturated heterocycles. The molecule has 0 aromatic carbocycles. The molecule has 1 aliphatic rings. The highest BCUT2D eigenvalue weighted by Gasteiger charge is 2.49. The van der Waals surface area contributed by atoms with Crippen molar-refractivity contribution in [1.82, 2.24) is 15.3 Å². The van der Waals surface area contributed by atoms with E-state index in [1.807, 2.05) is 0 Å². The number of hydrogen-bond acceptors (Lipinski definition) is 5. The van der Waals surface area contributed by atoms with Gasteiger partial charge in [-0.3, -0.25) is 4.79 Å². The highest BCUT2D eigenvalue weighted by atomic mass is 32.2. The number of aromatic amines is 1. The fraction of sp³-hybridized carbons (Fsp3) is 0.538. The van der Waals surface area contributed by atoms with Gasteiger partial charge < -0.3 is 15.4 Å². The van der Waals surface area contributed by atoms with Crippen LogP contribution in [0.1, 0.15) is 35.8 Å². The molecule has 0 radical (unpaired) electrons. The number of carboxylic acid groups (broad SMARTS) is 1. The molecule has 1 saturated carbocycles. The number of nitrogens with one attached hydrogen (secondary N) is 2. The summed E-state index contributed by atoms with van der Waals surface area (Å²) >= 11 is 1.17. The van der Waals surface area contributed by atoms with Crippen molar-refractivity contribution in [3.8, 4) is 0 Å². The van der Waals surface area contributed by atoms with Crippen LogP contribution in [0.3, 0.4) is 0 Å². The maximum Gasteiger partial charge on any atom is 0.346 e. The standard InChI is InChI=1S/C13H17N3O4S/c1-6-8(10(21-3)15-12(20)14-6)9(17)16-13(2,11(18)19)7-4-5-7/h7H,4-5H2,1-3H3,(H,16,17)(H,18,19)(H,14,15,20). The van der Waals surface area contributed by atoms with E-state index in [-0.39, 0.29) is 16.5 Å². The molecular weight excluding hydrogens is 294 g/mol. The van der Waals surface area contributed by atoms with Crippen molar-refractivity contribution >= 4 is 23.6 Å². The number of nitrogens with zero attached hydrogens (tertiary/aromatic N) is 1. The molecule has 1 fully saturated rings. The number of rotatable bonds is 5. The van der Waals surface area contributed by atoms with Gasteiger partial charge in [-0.1, -0.05) is 0 Å². The lowest BCUT2D eigenvalue weighted by molar-refractivity contribution is -0.144. The summed E-state index contributed by atoms with van der Waals surface area (Å²) in [5.41, 5.74) is -1.23. The summed E-state index contributed by atoms with van der Waals surface area (Å²) in [4.78, 5) is 41.5. The Morgan fingerprint density at radius 2 is 2.10 bits per heavy atom. The van der Waals surface area contributed by atoms with Gasteiger partial charge in [0.05, 0.1) is 5.56 Å². The summed E-state index contributed by atoms with van der Waals surface area (Å²) < 4.78 is 0. The van der Waals surface area contributed by atoms with Crippen LogP contribution in [0.25, 0.3) is 0 Å². The van der Waals surface area contributed by atoms with Crippen LogP contribution in [0.15, 0.2) is 9.82 Å². The smallest absolute Gasteiger partial charge is 0.346 e. The topological polar surface area (TPSA) is 112 Å². The van der Waals surface area contributed by atoms with Crippen molar-refractivity contribution < 1.29 is 14.7 Å². The average molecular weight is 311 g/mol. The van der Waals surface area contributed by atoms with Gasteiger partial charge in [-0.15, -0.1) is 11.8 Å². The SMILES string of the molecule is CSc1nc(=O)[nH]c(C)c1C(=O)NC(C)(C(=O)O)C1CC1. The van der Waals surface area contributed by atoms with Gasteiger partial charge in [0.15, 0.2) is 0 Å². The molecule has 1 aromatic rings. The fourth-order valence-corrected chi connectivity index (χ4v) is 2.89. The molecule has 1 amide bonds. The fourth-order valence-electron chi connectivity index (χ4n) is 2.26. The Hall–Kier alpha value is -1.83. The molecule has 0 bridgehead atoms. The molecule has 1 aromatic heterocycles. The minimum Gasteiger partial charge on any atom is -0.480 e. The number of aliphatic carboxylic acids is 1. The quantitative estimate of drug-likeness (QED) is 0.547. The van der Waals surface area contributed by atoms with Crippen molar-refractivity contribution in [2.24, 2.45) is 5.92 Å². The van der Waals surface area contributed by atoms with Gasteiger partial charge >= 0.3 is 11.7 Å². The molecular formula is C13H17N3O4S. The summed E-state index contributed by atoms with van der Waals surface area (Å²) in [7, 11) is 0. The van der Waals surface area contributed by atoms with Crippen LogP contribution < -0.4 is 11.0 Å². The van der Waals surface area contributed by atoms with Crippen molar-refractivity contribution in [2.75, 3.05) is 6.26 Å². The second-order valence-electron chi connectivity index (χ2n) is 5.29. The first-order valence-corrected chi connectivity index (χ1v) is 7.73. The summed E-state index contributed by atoms with van der Waals surface area (Å²) in [6.07, 6.45) is 3.26. The van der Waals surface area contributed by atoms with E-state index in [1.54, 1.807) is 13.2 Å². The number of H-pyrrole nitrogens is 1. The van der Waals surface area contributed by atoms with E-state index in [0.717, 1.165) is 12.8 Å². The zero-order valence-corrected chi connectivity index (χ0v) is 12.8. The monoisotopic (exact) mass is 311 g/mol. The Morgan fingerprint density at radius 3 is 2.57 bits per heavy atom.